The Labute approximate surface area is 237 Å². The maximum atomic E-state index is 7.77. The summed E-state index contributed by atoms with van der Waals surface area (Å²) in [4.78, 5) is 13.1. The standard InChI is InChI=1S/C35H25N5O/c1-23-9-6-10-24(2)34(23)39-21-31(38-22-39)25-11-7-12-26(19-25)41-27-16-17-28-29-13-8-14-30(36-3)35(29)40(32(28)20-27)33-15-4-5-18-37-33/h4-22H,1-2H3. The first kappa shape index (κ1) is 24.4. The van der Waals surface area contributed by atoms with Crippen LogP contribution in [0.5, 0.6) is 11.5 Å². The van der Waals surface area contributed by atoms with E-state index in [1.807, 2.05) is 83.7 Å². The molecule has 0 spiro atoms. The van der Waals surface area contributed by atoms with Gasteiger partial charge < -0.3 is 13.9 Å². The van der Waals surface area contributed by atoms with E-state index in [1.54, 1.807) is 6.20 Å². The number of hydrogen-bond donors (Lipinski definition) is 0. The zero-order valence-corrected chi connectivity index (χ0v) is 22.6. The molecule has 0 N–H and O–H groups in total. The highest BCUT2D eigenvalue weighted by Gasteiger charge is 2.17. The van der Waals surface area contributed by atoms with E-state index in [-0.39, 0.29) is 0 Å². The van der Waals surface area contributed by atoms with E-state index < -0.39 is 0 Å². The summed E-state index contributed by atoms with van der Waals surface area (Å²) < 4.78 is 10.5. The number of aromatic nitrogens is 4. The smallest absolute Gasteiger partial charge is 0.211 e. The Morgan fingerprint density at radius 2 is 1.56 bits per heavy atom. The van der Waals surface area contributed by atoms with Crippen molar-refractivity contribution in [1.29, 1.82) is 0 Å². The normalized spacial score (nSPS) is 11.1. The van der Waals surface area contributed by atoms with Crippen LogP contribution in [0.1, 0.15) is 11.1 Å². The number of para-hydroxylation sites is 2. The molecule has 0 bridgehead atoms. The maximum absolute atomic E-state index is 7.77. The van der Waals surface area contributed by atoms with Crippen LogP contribution in [0.2, 0.25) is 0 Å². The number of aryl methyl sites for hydroxylation is 2. The zero-order chi connectivity index (χ0) is 27.9. The maximum Gasteiger partial charge on any atom is 0.211 e. The minimum Gasteiger partial charge on any atom is -0.457 e. The first-order valence-corrected chi connectivity index (χ1v) is 13.4. The van der Waals surface area contributed by atoms with E-state index >= 15 is 0 Å². The lowest BCUT2D eigenvalue weighted by atomic mass is 10.1. The lowest BCUT2D eigenvalue weighted by Gasteiger charge is -2.10. The van der Waals surface area contributed by atoms with Crippen molar-refractivity contribution >= 4 is 27.5 Å². The molecule has 0 saturated carbocycles. The molecule has 0 aliphatic heterocycles. The number of fused-ring (bicyclic) bond motifs is 3. The van der Waals surface area contributed by atoms with Gasteiger partial charge in [-0.3, -0.25) is 0 Å². The fourth-order valence-electron chi connectivity index (χ4n) is 5.57. The minimum atomic E-state index is 0.583. The van der Waals surface area contributed by atoms with Gasteiger partial charge >= 0.3 is 0 Å². The van der Waals surface area contributed by atoms with Gasteiger partial charge in [0.15, 0.2) is 0 Å². The van der Waals surface area contributed by atoms with Crippen molar-refractivity contribution in [3.05, 3.63) is 138 Å². The van der Waals surface area contributed by atoms with Crippen LogP contribution in [0.25, 0.3) is 49.4 Å². The summed E-state index contributed by atoms with van der Waals surface area (Å²) in [6.45, 7) is 12.0. The van der Waals surface area contributed by atoms with Crippen molar-refractivity contribution in [3.63, 3.8) is 0 Å². The minimum absolute atomic E-state index is 0.583. The Hall–Kier alpha value is -5.67. The third kappa shape index (κ3) is 4.21. The summed E-state index contributed by atoms with van der Waals surface area (Å²) in [6.07, 6.45) is 5.68. The molecule has 6 nitrogen and oxygen atoms in total. The highest BCUT2D eigenvalue weighted by Crippen LogP contribution is 2.39. The average Bonchev–Trinajstić information content (AvgIpc) is 3.61. The fourth-order valence-corrected chi connectivity index (χ4v) is 5.57. The largest absolute Gasteiger partial charge is 0.457 e. The quantitative estimate of drug-likeness (QED) is 0.208. The van der Waals surface area contributed by atoms with Crippen LogP contribution >= 0.6 is 0 Å². The van der Waals surface area contributed by atoms with E-state index in [0.717, 1.165) is 44.6 Å². The van der Waals surface area contributed by atoms with E-state index in [2.05, 4.69) is 58.7 Å². The molecule has 3 heterocycles. The second kappa shape index (κ2) is 9.82. The van der Waals surface area contributed by atoms with Crippen molar-refractivity contribution in [2.45, 2.75) is 13.8 Å². The van der Waals surface area contributed by atoms with Gasteiger partial charge in [-0.05, 0) is 66.8 Å². The Kier molecular flexibility index (Phi) is 5.84. The van der Waals surface area contributed by atoms with Crippen molar-refractivity contribution in [2.75, 3.05) is 0 Å². The molecule has 4 aromatic carbocycles. The number of rotatable bonds is 5. The first-order chi connectivity index (χ1) is 20.1. The van der Waals surface area contributed by atoms with Crippen LogP contribution in [0.4, 0.5) is 5.69 Å². The van der Waals surface area contributed by atoms with Crippen LogP contribution in [-0.2, 0) is 0 Å². The Bertz CT molecular complexity index is 2090. The van der Waals surface area contributed by atoms with Crippen molar-refractivity contribution in [2.24, 2.45) is 0 Å². The van der Waals surface area contributed by atoms with Crippen LogP contribution < -0.4 is 4.74 Å². The first-order valence-electron chi connectivity index (χ1n) is 13.4. The van der Waals surface area contributed by atoms with Gasteiger partial charge in [-0.25, -0.2) is 14.8 Å². The van der Waals surface area contributed by atoms with Gasteiger partial charge in [0.1, 0.15) is 17.3 Å². The third-order valence-electron chi connectivity index (χ3n) is 7.38. The monoisotopic (exact) mass is 531 g/mol. The molecule has 0 radical (unpaired) electrons. The number of imidazole rings is 1. The highest BCUT2D eigenvalue weighted by atomic mass is 16.5. The fraction of sp³-hybridized carbons (Fsp3) is 0.0571. The Morgan fingerprint density at radius 3 is 2.37 bits per heavy atom. The number of ether oxygens (including phenoxy) is 1. The van der Waals surface area contributed by atoms with Crippen molar-refractivity contribution in [1.82, 2.24) is 19.1 Å². The second-order valence-electron chi connectivity index (χ2n) is 10.0. The third-order valence-corrected chi connectivity index (χ3v) is 7.38. The molecule has 7 aromatic rings. The number of nitrogens with zero attached hydrogens (tertiary/aromatic N) is 5. The van der Waals surface area contributed by atoms with Crippen LogP contribution in [0, 0.1) is 20.4 Å². The summed E-state index contributed by atoms with van der Waals surface area (Å²) in [6, 6.07) is 31.9. The molecule has 196 valence electrons. The summed E-state index contributed by atoms with van der Waals surface area (Å²) in [7, 11) is 0. The van der Waals surface area contributed by atoms with E-state index in [1.165, 1.54) is 11.1 Å². The zero-order valence-electron chi connectivity index (χ0n) is 22.6. The molecule has 0 atom stereocenters. The molecule has 0 aliphatic carbocycles. The molecular formula is C35H25N5O. The van der Waals surface area contributed by atoms with E-state index in [0.29, 0.717) is 17.2 Å². The lowest BCUT2D eigenvalue weighted by molar-refractivity contribution is 0.483. The summed E-state index contributed by atoms with van der Waals surface area (Å²) >= 11 is 0. The van der Waals surface area contributed by atoms with Gasteiger partial charge in [-0.2, -0.15) is 0 Å². The van der Waals surface area contributed by atoms with Crippen molar-refractivity contribution in [3.8, 4) is 34.3 Å². The van der Waals surface area contributed by atoms with Gasteiger partial charge in [-0.15, -0.1) is 0 Å². The van der Waals surface area contributed by atoms with Gasteiger partial charge in [0, 0.05) is 29.4 Å². The molecule has 41 heavy (non-hydrogen) atoms. The topological polar surface area (TPSA) is 49.2 Å². The molecule has 0 saturated heterocycles. The molecule has 0 aliphatic rings. The molecular weight excluding hydrogens is 506 g/mol. The Morgan fingerprint density at radius 1 is 0.756 bits per heavy atom. The molecule has 3 aromatic heterocycles. The van der Waals surface area contributed by atoms with Gasteiger partial charge in [0.05, 0.1) is 35.3 Å². The molecule has 0 fully saturated rings. The van der Waals surface area contributed by atoms with Crippen LogP contribution in [0.3, 0.4) is 0 Å². The van der Waals surface area contributed by atoms with Crippen LogP contribution in [0.15, 0.2) is 116 Å². The number of hydrogen-bond acceptors (Lipinski definition) is 3. The van der Waals surface area contributed by atoms with Gasteiger partial charge in [0.25, 0.3) is 0 Å². The number of pyridine rings is 1. The van der Waals surface area contributed by atoms with E-state index in [9.17, 15) is 0 Å². The SMILES string of the molecule is [C-]#[N+]c1cccc2c3ccc(Oc4cccc(-c5cn(-c6c(C)cccc6C)cn5)c4)cc3n(-c3ccccn3)c12. The predicted octanol–water partition coefficient (Wildman–Crippen LogP) is 8.99. The number of benzene rings is 4. The summed E-state index contributed by atoms with van der Waals surface area (Å²) in [5, 5.41) is 2.04. The Balaban J connectivity index is 1.28. The highest BCUT2D eigenvalue weighted by molar-refractivity contribution is 6.13. The summed E-state index contributed by atoms with van der Waals surface area (Å²) in [5.41, 5.74) is 7.75. The predicted molar refractivity (Wildman–Crippen MR) is 163 cm³/mol. The molecule has 0 unspecified atom stereocenters. The second-order valence-corrected chi connectivity index (χ2v) is 10.0. The lowest BCUT2D eigenvalue weighted by Crippen LogP contribution is -1.97. The van der Waals surface area contributed by atoms with Crippen LogP contribution in [-0.4, -0.2) is 19.1 Å². The molecule has 0 amide bonds. The molecule has 6 heteroatoms. The van der Waals surface area contributed by atoms with Crippen molar-refractivity contribution < 1.29 is 4.74 Å². The van der Waals surface area contributed by atoms with Gasteiger partial charge in [-0.1, -0.05) is 54.6 Å². The average molecular weight is 532 g/mol. The van der Waals surface area contributed by atoms with E-state index in [4.69, 9.17) is 16.3 Å². The molecule has 7 rings (SSSR count). The summed E-state index contributed by atoms with van der Waals surface area (Å²) in [5.74, 6) is 2.16. The van der Waals surface area contributed by atoms with Gasteiger partial charge in [0.2, 0.25) is 5.69 Å².